The van der Waals surface area contributed by atoms with E-state index in [1.165, 1.54) is 18.9 Å². The first kappa shape index (κ1) is 23.4. The minimum Gasteiger partial charge on any atom is -0.467 e. The minimum atomic E-state index is -0.882. The molecule has 0 spiro atoms. The molecule has 3 aromatic carbocycles. The fraction of sp³-hybridized carbons (Fsp3) is 0.167. The molecule has 0 radical (unpaired) electrons. The molecule has 0 aromatic heterocycles. The Hall–Kier alpha value is -2.28. The van der Waals surface area contributed by atoms with Crippen LogP contribution in [0.3, 0.4) is 0 Å². The van der Waals surface area contributed by atoms with Gasteiger partial charge in [0.05, 0.1) is 17.9 Å². The third-order valence-corrected chi connectivity index (χ3v) is 6.73. The van der Waals surface area contributed by atoms with E-state index in [1.54, 1.807) is 6.07 Å². The summed E-state index contributed by atoms with van der Waals surface area (Å²) in [6.45, 7) is 0. The summed E-state index contributed by atoms with van der Waals surface area (Å²) in [5.74, 6) is -1.07. The number of hydrogen-bond acceptors (Lipinski definition) is 4. The van der Waals surface area contributed by atoms with Gasteiger partial charge in [0, 0.05) is 15.3 Å². The number of methoxy groups -OCH3 is 1. The average Bonchev–Trinajstić information content (AvgIpc) is 2.79. The number of carbonyl (C=O) groups is 2. The molecule has 7 heteroatoms. The van der Waals surface area contributed by atoms with Gasteiger partial charge in [0.1, 0.15) is 6.04 Å². The second kappa shape index (κ2) is 11.4. The maximum atomic E-state index is 12.8. The van der Waals surface area contributed by atoms with E-state index < -0.39 is 17.9 Å². The van der Waals surface area contributed by atoms with Crippen LogP contribution in [0.4, 0.5) is 0 Å². The lowest BCUT2D eigenvalue weighted by Gasteiger charge is -2.27. The molecule has 2 atom stereocenters. The normalized spacial score (nSPS) is 12.6. The molecule has 0 aliphatic carbocycles. The van der Waals surface area contributed by atoms with E-state index in [0.29, 0.717) is 5.02 Å². The second-order valence-electron chi connectivity index (χ2n) is 6.73. The van der Waals surface area contributed by atoms with Crippen molar-refractivity contribution in [3.63, 3.8) is 0 Å². The van der Waals surface area contributed by atoms with Gasteiger partial charge in [0.2, 0.25) is 5.91 Å². The van der Waals surface area contributed by atoms with E-state index in [9.17, 15) is 9.59 Å². The lowest BCUT2D eigenvalue weighted by atomic mass is 9.85. The number of rotatable bonds is 8. The summed E-state index contributed by atoms with van der Waals surface area (Å²) in [5.41, 5.74) is 1.79. The smallest absolute Gasteiger partial charge is 0.329 e. The van der Waals surface area contributed by atoms with Gasteiger partial charge in [-0.1, -0.05) is 82.1 Å². The molecule has 3 aromatic rings. The van der Waals surface area contributed by atoms with E-state index in [0.717, 1.165) is 20.5 Å². The van der Waals surface area contributed by atoms with Crippen LogP contribution in [0.15, 0.2) is 88.2 Å². The SMILES string of the molecule is COC(=O)C(NC(=O)CSc1ccccc1Cl)C(c1ccccc1)c1ccc(Br)cc1. The number of ether oxygens (including phenoxy) is 1. The Morgan fingerprint density at radius 2 is 1.58 bits per heavy atom. The molecule has 0 saturated heterocycles. The van der Waals surface area contributed by atoms with Gasteiger partial charge in [-0.15, -0.1) is 11.8 Å². The lowest BCUT2D eigenvalue weighted by molar-refractivity contribution is -0.145. The summed E-state index contributed by atoms with van der Waals surface area (Å²) in [6, 6.07) is 23.7. The molecule has 0 fully saturated rings. The first-order valence-corrected chi connectivity index (χ1v) is 11.7. The second-order valence-corrected chi connectivity index (χ2v) is 9.07. The highest BCUT2D eigenvalue weighted by molar-refractivity contribution is 9.10. The first-order valence-electron chi connectivity index (χ1n) is 9.54. The lowest BCUT2D eigenvalue weighted by Crippen LogP contribution is -2.46. The molecule has 0 saturated carbocycles. The Morgan fingerprint density at radius 3 is 2.23 bits per heavy atom. The van der Waals surface area contributed by atoms with E-state index >= 15 is 0 Å². The number of thioether (sulfide) groups is 1. The molecule has 1 N–H and O–H groups in total. The van der Waals surface area contributed by atoms with Crippen molar-refractivity contribution in [2.75, 3.05) is 12.9 Å². The molecule has 160 valence electrons. The number of amides is 1. The average molecular weight is 519 g/mol. The maximum Gasteiger partial charge on any atom is 0.329 e. The summed E-state index contributed by atoms with van der Waals surface area (Å²) in [4.78, 5) is 26.4. The molecule has 0 aliphatic heterocycles. The van der Waals surface area contributed by atoms with Crippen LogP contribution in [0.2, 0.25) is 5.02 Å². The zero-order valence-corrected chi connectivity index (χ0v) is 19.9. The van der Waals surface area contributed by atoms with Crippen LogP contribution in [-0.4, -0.2) is 30.8 Å². The third kappa shape index (κ3) is 6.35. The summed E-state index contributed by atoms with van der Waals surface area (Å²) >= 11 is 10.9. The van der Waals surface area contributed by atoms with Crippen LogP contribution >= 0.6 is 39.3 Å². The van der Waals surface area contributed by atoms with Gasteiger partial charge < -0.3 is 10.1 Å². The summed E-state index contributed by atoms with van der Waals surface area (Å²) in [7, 11) is 1.32. The predicted molar refractivity (Wildman–Crippen MR) is 129 cm³/mol. The monoisotopic (exact) mass is 517 g/mol. The van der Waals surface area contributed by atoms with Crippen LogP contribution < -0.4 is 5.32 Å². The fourth-order valence-electron chi connectivity index (χ4n) is 3.23. The zero-order valence-electron chi connectivity index (χ0n) is 16.8. The maximum absolute atomic E-state index is 12.8. The molecule has 0 aliphatic rings. The Labute approximate surface area is 199 Å². The van der Waals surface area contributed by atoms with Gasteiger partial charge in [0.15, 0.2) is 0 Å². The molecular weight excluding hydrogens is 498 g/mol. The van der Waals surface area contributed by atoms with Crippen LogP contribution in [0.25, 0.3) is 0 Å². The molecule has 0 heterocycles. The quantitative estimate of drug-likeness (QED) is 0.308. The van der Waals surface area contributed by atoms with E-state index in [-0.39, 0.29) is 11.7 Å². The van der Waals surface area contributed by atoms with E-state index in [1.807, 2.05) is 72.8 Å². The van der Waals surface area contributed by atoms with Gasteiger partial charge in [-0.05, 0) is 35.4 Å². The van der Waals surface area contributed by atoms with Crippen molar-refractivity contribution >= 4 is 51.2 Å². The highest BCUT2D eigenvalue weighted by Gasteiger charge is 2.33. The van der Waals surface area contributed by atoms with Crippen molar-refractivity contribution < 1.29 is 14.3 Å². The van der Waals surface area contributed by atoms with Gasteiger partial charge in [-0.2, -0.15) is 0 Å². The molecule has 31 heavy (non-hydrogen) atoms. The largest absolute Gasteiger partial charge is 0.467 e. The number of halogens is 2. The van der Waals surface area contributed by atoms with Crippen molar-refractivity contribution in [1.82, 2.24) is 5.32 Å². The van der Waals surface area contributed by atoms with Crippen LogP contribution in [-0.2, 0) is 14.3 Å². The van der Waals surface area contributed by atoms with E-state index in [2.05, 4.69) is 21.2 Å². The number of carbonyl (C=O) groups excluding carboxylic acids is 2. The molecular formula is C24H21BrClNO3S. The first-order chi connectivity index (χ1) is 15.0. The standard InChI is InChI=1S/C24H21BrClNO3S/c1-30-24(29)23(27-21(28)15-31-20-10-6-5-9-19(20)26)22(16-7-3-2-4-8-16)17-11-13-18(25)14-12-17/h2-14,22-23H,15H2,1H3,(H,27,28). The molecule has 2 unspecified atom stereocenters. The highest BCUT2D eigenvalue weighted by Crippen LogP contribution is 2.31. The molecule has 4 nitrogen and oxygen atoms in total. The number of hydrogen-bond donors (Lipinski definition) is 1. The van der Waals surface area contributed by atoms with Gasteiger partial charge in [-0.25, -0.2) is 4.79 Å². The number of esters is 1. The Morgan fingerprint density at radius 1 is 0.968 bits per heavy atom. The predicted octanol–water partition coefficient (Wildman–Crippen LogP) is 5.68. The third-order valence-electron chi connectivity index (χ3n) is 4.69. The molecule has 0 bridgehead atoms. The van der Waals surface area contributed by atoms with Crippen LogP contribution in [0, 0.1) is 0 Å². The summed E-state index contributed by atoms with van der Waals surface area (Å²) in [6.07, 6.45) is 0. The van der Waals surface area contributed by atoms with Gasteiger partial charge in [-0.3, -0.25) is 4.79 Å². The topological polar surface area (TPSA) is 55.4 Å². The van der Waals surface area contributed by atoms with Crippen molar-refractivity contribution in [2.24, 2.45) is 0 Å². The Kier molecular flexibility index (Phi) is 8.58. The van der Waals surface area contributed by atoms with Gasteiger partial charge in [0.25, 0.3) is 0 Å². The van der Waals surface area contributed by atoms with E-state index in [4.69, 9.17) is 16.3 Å². The minimum absolute atomic E-state index is 0.124. The van der Waals surface area contributed by atoms with Crippen molar-refractivity contribution in [1.29, 1.82) is 0 Å². The van der Waals surface area contributed by atoms with Crippen molar-refractivity contribution in [2.45, 2.75) is 16.9 Å². The highest BCUT2D eigenvalue weighted by atomic mass is 79.9. The number of nitrogens with one attached hydrogen (secondary N) is 1. The summed E-state index contributed by atoms with van der Waals surface area (Å²) in [5, 5.41) is 3.47. The zero-order chi connectivity index (χ0) is 22.2. The number of benzene rings is 3. The fourth-order valence-corrected chi connectivity index (χ4v) is 4.55. The van der Waals surface area contributed by atoms with Crippen molar-refractivity contribution in [3.05, 3.63) is 99.5 Å². The van der Waals surface area contributed by atoms with Crippen LogP contribution in [0.5, 0.6) is 0 Å². The Balaban J connectivity index is 1.86. The molecule has 1 amide bonds. The Bertz CT molecular complexity index is 1030. The van der Waals surface area contributed by atoms with Crippen molar-refractivity contribution in [3.8, 4) is 0 Å². The summed E-state index contributed by atoms with van der Waals surface area (Å²) < 4.78 is 5.98. The van der Waals surface area contributed by atoms with Gasteiger partial charge >= 0.3 is 5.97 Å². The van der Waals surface area contributed by atoms with Crippen LogP contribution in [0.1, 0.15) is 17.0 Å². The molecule has 3 rings (SSSR count).